The molecule has 0 bridgehead atoms. The average molecular weight is 330 g/mol. The van der Waals surface area contributed by atoms with Crippen molar-refractivity contribution in [1.29, 1.82) is 0 Å². The van der Waals surface area contributed by atoms with Gasteiger partial charge in [-0.1, -0.05) is 12.1 Å². The van der Waals surface area contributed by atoms with E-state index >= 15 is 0 Å². The Bertz CT molecular complexity index is 759. The number of carbonyl (C=O) groups excluding carboxylic acids is 1. The van der Waals surface area contributed by atoms with Crippen molar-refractivity contribution in [2.75, 3.05) is 7.05 Å². The fourth-order valence-corrected chi connectivity index (χ4v) is 3.51. The zero-order valence-corrected chi connectivity index (χ0v) is 15.2. The van der Waals surface area contributed by atoms with Gasteiger partial charge >= 0.3 is 0 Å². The molecule has 0 saturated carbocycles. The van der Waals surface area contributed by atoms with Crippen LogP contribution in [0.5, 0.6) is 0 Å². The van der Waals surface area contributed by atoms with Gasteiger partial charge in [0, 0.05) is 43.4 Å². The molecule has 2 aromatic heterocycles. The largest absolute Gasteiger partial charge is 0.360 e. The minimum absolute atomic E-state index is 0.0721. The third kappa shape index (κ3) is 2.85. The number of hydrogen-bond donors (Lipinski definition) is 0. The van der Waals surface area contributed by atoms with Crippen LogP contribution in [-0.2, 0) is 25.9 Å². The fourth-order valence-electron chi connectivity index (χ4n) is 3.51. The Morgan fingerprint density at radius 1 is 1.42 bits per heavy atom. The third-order valence-electron chi connectivity index (χ3n) is 5.06. The molecule has 2 aromatic rings. The van der Waals surface area contributed by atoms with E-state index in [1.807, 2.05) is 18.7 Å². The number of hydrogen-bond acceptors (Lipinski definition) is 4. The normalized spacial score (nSPS) is 17.0. The number of amides is 1. The van der Waals surface area contributed by atoms with Crippen molar-refractivity contribution in [2.45, 2.75) is 60.0 Å². The van der Waals surface area contributed by atoms with Crippen molar-refractivity contribution in [3.05, 3.63) is 34.0 Å². The molecule has 6 nitrogen and oxygen atoms in total. The van der Waals surface area contributed by atoms with Gasteiger partial charge in [-0.3, -0.25) is 9.48 Å². The lowest BCUT2D eigenvalue weighted by Crippen LogP contribution is -2.28. The molecule has 6 heteroatoms. The topological polar surface area (TPSA) is 64.2 Å². The van der Waals surface area contributed by atoms with E-state index < -0.39 is 0 Å². The van der Waals surface area contributed by atoms with Crippen LogP contribution in [0.25, 0.3) is 0 Å². The Morgan fingerprint density at radius 3 is 2.83 bits per heavy atom. The van der Waals surface area contributed by atoms with E-state index in [-0.39, 0.29) is 5.91 Å². The quantitative estimate of drug-likeness (QED) is 0.864. The molecule has 1 atom stereocenters. The Morgan fingerprint density at radius 2 is 2.17 bits per heavy atom. The lowest BCUT2D eigenvalue weighted by Gasteiger charge is -2.19. The summed E-state index contributed by atoms with van der Waals surface area (Å²) < 4.78 is 7.39. The summed E-state index contributed by atoms with van der Waals surface area (Å²) in [5.41, 5.74) is 4.69. The zero-order valence-electron chi connectivity index (χ0n) is 15.2. The average Bonchev–Trinajstić information content (AvgIpc) is 3.09. The van der Waals surface area contributed by atoms with Crippen molar-refractivity contribution in [3.63, 3.8) is 0 Å². The van der Waals surface area contributed by atoms with Gasteiger partial charge in [0.15, 0.2) is 5.69 Å². The van der Waals surface area contributed by atoms with Gasteiger partial charge in [-0.15, -0.1) is 0 Å². The summed E-state index contributed by atoms with van der Waals surface area (Å²) in [6.07, 6.45) is 2.85. The lowest BCUT2D eigenvalue weighted by molar-refractivity contribution is 0.0773. The van der Waals surface area contributed by atoms with Crippen LogP contribution < -0.4 is 0 Å². The standard InChI is InChI=1S/C18H26N4O2/c1-6-22-13(4)15(12(3)19-22)10-21(5)18(23)17-14-9-11(2)7-8-16(14)24-20-17/h11H,6-10H2,1-5H3. The molecule has 0 fully saturated rings. The Balaban J connectivity index is 1.81. The molecule has 0 aromatic carbocycles. The Labute approximate surface area is 142 Å². The maximum atomic E-state index is 12.9. The van der Waals surface area contributed by atoms with E-state index in [9.17, 15) is 4.79 Å². The predicted octanol–water partition coefficient (Wildman–Crippen LogP) is 2.90. The minimum atomic E-state index is -0.0721. The number of fused-ring (bicyclic) bond motifs is 1. The molecule has 0 aliphatic heterocycles. The van der Waals surface area contributed by atoms with Gasteiger partial charge < -0.3 is 9.42 Å². The first kappa shape index (κ1) is 16.7. The first-order valence-electron chi connectivity index (χ1n) is 8.68. The Kier molecular flexibility index (Phi) is 4.47. The van der Waals surface area contributed by atoms with Crippen LogP contribution in [0.4, 0.5) is 0 Å². The number of aromatic nitrogens is 3. The van der Waals surface area contributed by atoms with Crippen LogP contribution in [0.1, 0.15) is 59.0 Å². The number of nitrogens with zero attached hydrogens (tertiary/aromatic N) is 4. The molecule has 24 heavy (non-hydrogen) atoms. The predicted molar refractivity (Wildman–Crippen MR) is 90.9 cm³/mol. The SMILES string of the molecule is CCn1nc(C)c(CN(C)C(=O)c2noc3c2CC(C)CC3)c1C. The maximum absolute atomic E-state index is 12.9. The van der Waals surface area contributed by atoms with Crippen molar-refractivity contribution in [1.82, 2.24) is 19.8 Å². The number of carbonyl (C=O) groups is 1. The van der Waals surface area contributed by atoms with Crippen molar-refractivity contribution in [3.8, 4) is 0 Å². The van der Waals surface area contributed by atoms with Gasteiger partial charge in [0.25, 0.3) is 5.91 Å². The summed E-state index contributed by atoms with van der Waals surface area (Å²) in [5.74, 6) is 1.38. The Hall–Kier alpha value is -2.11. The molecule has 0 N–H and O–H groups in total. The first-order valence-corrected chi connectivity index (χ1v) is 8.68. The summed E-state index contributed by atoms with van der Waals surface area (Å²) in [5, 5.41) is 8.60. The van der Waals surface area contributed by atoms with E-state index in [4.69, 9.17) is 4.52 Å². The monoisotopic (exact) mass is 330 g/mol. The summed E-state index contributed by atoms with van der Waals surface area (Å²) in [6, 6.07) is 0. The molecular weight excluding hydrogens is 304 g/mol. The summed E-state index contributed by atoms with van der Waals surface area (Å²) >= 11 is 0. The van der Waals surface area contributed by atoms with E-state index in [1.165, 1.54) is 0 Å². The molecule has 130 valence electrons. The van der Waals surface area contributed by atoms with Gasteiger partial charge in [0.05, 0.1) is 5.69 Å². The highest BCUT2D eigenvalue weighted by atomic mass is 16.5. The highest BCUT2D eigenvalue weighted by Crippen LogP contribution is 2.28. The van der Waals surface area contributed by atoms with E-state index in [0.29, 0.717) is 18.2 Å². The second-order valence-corrected chi connectivity index (χ2v) is 6.91. The van der Waals surface area contributed by atoms with E-state index in [0.717, 1.165) is 54.1 Å². The van der Waals surface area contributed by atoms with Gasteiger partial charge in [-0.2, -0.15) is 5.10 Å². The van der Waals surface area contributed by atoms with Crippen LogP contribution in [0.3, 0.4) is 0 Å². The minimum Gasteiger partial charge on any atom is -0.360 e. The second kappa shape index (κ2) is 6.42. The van der Waals surface area contributed by atoms with Gasteiger partial charge in [-0.05, 0) is 39.5 Å². The molecule has 2 heterocycles. The van der Waals surface area contributed by atoms with Crippen LogP contribution in [0, 0.1) is 19.8 Å². The second-order valence-electron chi connectivity index (χ2n) is 6.91. The molecule has 1 amide bonds. The molecule has 3 rings (SSSR count). The fraction of sp³-hybridized carbons (Fsp3) is 0.611. The molecule has 0 saturated heterocycles. The highest BCUT2D eigenvalue weighted by molar-refractivity contribution is 5.93. The van der Waals surface area contributed by atoms with E-state index in [1.54, 1.807) is 4.90 Å². The summed E-state index contributed by atoms with van der Waals surface area (Å²) in [6.45, 7) is 9.69. The molecular formula is C18H26N4O2. The van der Waals surface area contributed by atoms with Crippen molar-refractivity contribution < 1.29 is 9.32 Å². The lowest BCUT2D eigenvalue weighted by atomic mass is 9.88. The van der Waals surface area contributed by atoms with Crippen LogP contribution >= 0.6 is 0 Å². The van der Waals surface area contributed by atoms with Crippen LogP contribution in [0.15, 0.2) is 4.52 Å². The number of aryl methyl sites for hydroxylation is 3. The van der Waals surface area contributed by atoms with Gasteiger partial charge in [0.2, 0.25) is 0 Å². The van der Waals surface area contributed by atoms with Crippen LogP contribution in [0.2, 0.25) is 0 Å². The van der Waals surface area contributed by atoms with E-state index in [2.05, 4.69) is 31.0 Å². The molecule has 1 aliphatic rings. The van der Waals surface area contributed by atoms with Crippen LogP contribution in [-0.4, -0.2) is 32.8 Å². The third-order valence-corrected chi connectivity index (χ3v) is 5.06. The van der Waals surface area contributed by atoms with Crippen molar-refractivity contribution >= 4 is 5.91 Å². The number of rotatable bonds is 4. The van der Waals surface area contributed by atoms with Gasteiger partial charge in [-0.25, -0.2) is 0 Å². The first-order chi connectivity index (χ1) is 11.4. The van der Waals surface area contributed by atoms with Crippen molar-refractivity contribution in [2.24, 2.45) is 5.92 Å². The summed E-state index contributed by atoms with van der Waals surface area (Å²) in [7, 11) is 1.82. The molecule has 0 radical (unpaired) electrons. The summed E-state index contributed by atoms with van der Waals surface area (Å²) in [4.78, 5) is 14.6. The molecule has 1 unspecified atom stereocenters. The highest BCUT2D eigenvalue weighted by Gasteiger charge is 2.29. The van der Waals surface area contributed by atoms with Gasteiger partial charge in [0.1, 0.15) is 5.76 Å². The molecule has 1 aliphatic carbocycles. The zero-order chi connectivity index (χ0) is 17.4. The molecule has 0 spiro atoms. The maximum Gasteiger partial charge on any atom is 0.276 e. The smallest absolute Gasteiger partial charge is 0.276 e.